The maximum atomic E-state index is 5.33. The third-order valence-corrected chi connectivity index (χ3v) is 3.25. The van der Waals surface area contributed by atoms with Crippen LogP contribution in [0.2, 0.25) is 0 Å². The summed E-state index contributed by atoms with van der Waals surface area (Å²) in [6.45, 7) is 2.18. The van der Waals surface area contributed by atoms with Crippen LogP contribution in [0.15, 0.2) is 22.7 Å². The Morgan fingerprint density at radius 1 is 1.19 bits per heavy atom. The van der Waals surface area contributed by atoms with Crippen molar-refractivity contribution in [3.05, 3.63) is 27.5 Å². The third kappa shape index (κ3) is 1.55. The van der Waals surface area contributed by atoms with Gasteiger partial charge in [-0.15, -0.1) is 0 Å². The molecular weight excluding hydrogens is 321 g/mol. The smallest absolute Gasteiger partial charge is 0.231 e. The highest BCUT2D eigenvalue weighted by Gasteiger charge is 2.18. The Kier molecular flexibility index (Phi) is 2.27. The van der Waals surface area contributed by atoms with Gasteiger partial charge < -0.3 is 14.0 Å². The van der Waals surface area contributed by atoms with E-state index >= 15 is 0 Å². The Morgan fingerprint density at radius 2 is 1.94 bits per heavy atom. The van der Waals surface area contributed by atoms with Crippen molar-refractivity contribution in [3.8, 4) is 22.8 Å². The fourth-order valence-electron chi connectivity index (χ4n) is 1.60. The molecule has 0 atom stereocenters. The molecule has 0 fully saturated rings. The average Bonchev–Trinajstić information content (AvgIpc) is 2.84. The first-order valence-corrected chi connectivity index (χ1v) is 5.85. The van der Waals surface area contributed by atoms with Crippen molar-refractivity contribution in [3.63, 3.8) is 0 Å². The minimum absolute atomic E-state index is 0.282. The van der Waals surface area contributed by atoms with Crippen molar-refractivity contribution in [1.82, 2.24) is 5.16 Å². The van der Waals surface area contributed by atoms with Crippen LogP contribution in [0.4, 0.5) is 0 Å². The molecule has 0 N–H and O–H groups in total. The van der Waals surface area contributed by atoms with Crippen molar-refractivity contribution in [2.45, 2.75) is 6.92 Å². The van der Waals surface area contributed by atoms with Gasteiger partial charge in [-0.05, 0) is 41.6 Å². The molecule has 1 aliphatic heterocycles. The summed E-state index contributed by atoms with van der Waals surface area (Å²) in [5, 5.41) is 3.88. The molecule has 0 amide bonds. The van der Waals surface area contributed by atoms with E-state index in [1.165, 1.54) is 0 Å². The van der Waals surface area contributed by atoms with Crippen LogP contribution in [0, 0.1) is 10.5 Å². The summed E-state index contributed by atoms with van der Waals surface area (Å²) in [6, 6.07) is 5.76. The van der Waals surface area contributed by atoms with Crippen molar-refractivity contribution >= 4 is 22.6 Å². The van der Waals surface area contributed by atoms with E-state index in [4.69, 9.17) is 14.0 Å². The van der Waals surface area contributed by atoms with Crippen LogP contribution >= 0.6 is 22.6 Å². The fraction of sp³-hybridized carbons (Fsp3) is 0.182. The topological polar surface area (TPSA) is 44.5 Å². The highest BCUT2D eigenvalue weighted by molar-refractivity contribution is 14.1. The Labute approximate surface area is 106 Å². The van der Waals surface area contributed by atoms with E-state index in [1.54, 1.807) is 0 Å². The van der Waals surface area contributed by atoms with Crippen LogP contribution in [0.1, 0.15) is 5.69 Å². The number of aromatic nitrogens is 1. The van der Waals surface area contributed by atoms with Crippen molar-refractivity contribution in [2.24, 2.45) is 0 Å². The van der Waals surface area contributed by atoms with E-state index in [9.17, 15) is 0 Å². The van der Waals surface area contributed by atoms with Gasteiger partial charge in [0.15, 0.2) is 17.3 Å². The summed E-state index contributed by atoms with van der Waals surface area (Å²) in [5.41, 5.74) is 1.84. The lowest BCUT2D eigenvalue weighted by molar-refractivity contribution is 0.174. The second-order valence-corrected chi connectivity index (χ2v) is 4.68. The fourth-order valence-corrected chi connectivity index (χ4v) is 2.30. The molecule has 82 valence electrons. The Morgan fingerprint density at radius 3 is 2.62 bits per heavy atom. The lowest BCUT2D eigenvalue weighted by Gasteiger charge is -2.02. The molecule has 1 aliphatic rings. The zero-order chi connectivity index (χ0) is 11.1. The van der Waals surface area contributed by atoms with Gasteiger partial charge in [0.25, 0.3) is 0 Å². The van der Waals surface area contributed by atoms with Gasteiger partial charge in [0.2, 0.25) is 6.79 Å². The first kappa shape index (κ1) is 9.95. The van der Waals surface area contributed by atoms with Gasteiger partial charge in [-0.1, -0.05) is 5.16 Å². The molecule has 4 nitrogen and oxygen atoms in total. The highest BCUT2D eigenvalue weighted by Crippen LogP contribution is 2.39. The first-order chi connectivity index (χ1) is 7.74. The summed E-state index contributed by atoms with van der Waals surface area (Å²) in [6.07, 6.45) is 0. The molecular formula is C11H8INO3. The van der Waals surface area contributed by atoms with Crippen LogP contribution in [-0.4, -0.2) is 11.9 Å². The second-order valence-electron chi connectivity index (χ2n) is 3.52. The van der Waals surface area contributed by atoms with Gasteiger partial charge in [-0.25, -0.2) is 0 Å². The predicted molar refractivity (Wildman–Crippen MR) is 65.5 cm³/mol. The molecule has 0 aliphatic carbocycles. The van der Waals surface area contributed by atoms with Crippen molar-refractivity contribution < 1.29 is 14.0 Å². The van der Waals surface area contributed by atoms with Gasteiger partial charge in [0, 0.05) is 15.2 Å². The number of rotatable bonds is 1. The zero-order valence-electron chi connectivity index (χ0n) is 8.49. The SMILES string of the molecule is Cc1cc(-c2cc3c(cc2I)OCO3)on1. The number of ether oxygens (including phenoxy) is 2. The molecule has 0 radical (unpaired) electrons. The molecule has 0 spiro atoms. The number of aryl methyl sites for hydroxylation is 1. The molecule has 2 aromatic rings. The van der Waals surface area contributed by atoms with E-state index in [-0.39, 0.29) is 6.79 Å². The van der Waals surface area contributed by atoms with Gasteiger partial charge in [0.1, 0.15) is 0 Å². The number of benzene rings is 1. The maximum absolute atomic E-state index is 5.33. The number of hydrogen-bond acceptors (Lipinski definition) is 4. The molecule has 2 heterocycles. The summed E-state index contributed by atoms with van der Waals surface area (Å²) in [5.74, 6) is 2.29. The van der Waals surface area contributed by atoms with Crippen LogP contribution in [-0.2, 0) is 0 Å². The Bertz CT molecular complexity index is 550. The standard InChI is InChI=1S/C11H8INO3/c1-6-2-9(16-13-6)7-3-10-11(4-8(7)12)15-5-14-10/h2-4H,5H2,1H3. The molecule has 3 rings (SSSR count). The van der Waals surface area contributed by atoms with Crippen LogP contribution in [0.25, 0.3) is 11.3 Å². The number of halogens is 1. The summed E-state index contributed by atoms with van der Waals surface area (Å²) >= 11 is 2.24. The molecule has 16 heavy (non-hydrogen) atoms. The normalized spacial score (nSPS) is 13.1. The number of nitrogens with zero attached hydrogens (tertiary/aromatic N) is 1. The van der Waals surface area contributed by atoms with Gasteiger partial charge in [-0.3, -0.25) is 0 Å². The van der Waals surface area contributed by atoms with Crippen molar-refractivity contribution in [1.29, 1.82) is 0 Å². The van der Waals surface area contributed by atoms with E-state index in [0.717, 1.165) is 32.1 Å². The summed E-state index contributed by atoms with van der Waals surface area (Å²) < 4.78 is 16.9. The average molecular weight is 329 g/mol. The quantitative estimate of drug-likeness (QED) is 0.755. The molecule has 0 bridgehead atoms. The third-order valence-electron chi connectivity index (χ3n) is 2.36. The molecule has 1 aromatic heterocycles. The van der Waals surface area contributed by atoms with Crippen LogP contribution in [0.5, 0.6) is 11.5 Å². The number of fused-ring (bicyclic) bond motifs is 1. The molecule has 0 saturated carbocycles. The monoisotopic (exact) mass is 329 g/mol. The number of hydrogen-bond donors (Lipinski definition) is 0. The summed E-state index contributed by atoms with van der Waals surface area (Å²) in [7, 11) is 0. The highest BCUT2D eigenvalue weighted by atomic mass is 127. The van der Waals surface area contributed by atoms with Crippen molar-refractivity contribution in [2.75, 3.05) is 6.79 Å². The Hall–Kier alpha value is -1.24. The van der Waals surface area contributed by atoms with E-state index in [0.29, 0.717) is 0 Å². The minimum Gasteiger partial charge on any atom is -0.454 e. The predicted octanol–water partition coefficient (Wildman–Crippen LogP) is 2.98. The summed E-state index contributed by atoms with van der Waals surface area (Å²) in [4.78, 5) is 0. The van der Waals surface area contributed by atoms with Gasteiger partial charge >= 0.3 is 0 Å². The lowest BCUT2D eigenvalue weighted by Crippen LogP contribution is -1.92. The lowest BCUT2D eigenvalue weighted by atomic mass is 10.1. The molecule has 5 heteroatoms. The van der Waals surface area contributed by atoms with Crippen LogP contribution in [0.3, 0.4) is 0 Å². The van der Waals surface area contributed by atoms with Gasteiger partial charge in [-0.2, -0.15) is 0 Å². The minimum atomic E-state index is 0.282. The Balaban J connectivity index is 2.14. The van der Waals surface area contributed by atoms with Gasteiger partial charge in [0.05, 0.1) is 5.69 Å². The molecule has 1 aromatic carbocycles. The zero-order valence-corrected chi connectivity index (χ0v) is 10.6. The van der Waals surface area contributed by atoms with E-state index < -0.39 is 0 Å². The van der Waals surface area contributed by atoms with E-state index in [2.05, 4.69) is 27.7 Å². The molecule has 0 saturated heterocycles. The molecule has 0 unspecified atom stereocenters. The first-order valence-electron chi connectivity index (χ1n) is 4.77. The second kappa shape index (κ2) is 3.65. The van der Waals surface area contributed by atoms with Crippen LogP contribution < -0.4 is 9.47 Å². The van der Waals surface area contributed by atoms with E-state index in [1.807, 2.05) is 25.1 Å². The largest absolute Gasteiger partial charge is 0.454 e. The maximum Gasteiger partial charge on any atom is 0.231 e.